The van der Waals surface area contributed by atoms with Crippen molar-refractivity contribution < 1.29 is 33.6 Å². The molecule has 198 valence electrons. The Kier molecular flexibility index (Phi) is 8.72. The van der Waals surface area contributed by atoms with E-state index in [2.05, 4.69) is 26.6 Å². The number of phenols is 1. The molecule has 38 heavy (non-hydrogen) atoms. The molecule has 0 bridgehead atoms. The molecule has 2 atom stereocenters. The van der Waals surface area contributed by atoms with Crippen LogP contribution < -0.4 is 25.8 Å². The van der Waals surface area contributed by atoms with Crippen LogP contribution in [0, 0.1) is 0 Å². The molecule has 0 saturated carbocycles. The zero-order valence-corrected chi connectivity index (χ0v) is 21.9. The number of rotatable bonds is 9. The number of hydrogen-bond acceptors (Lipinski definition) is 8. The van der Waals surface area contributed by atoms with Gasteiger partial charge in [0.2, 0.25) is 12.7 Å². The Labute approximate surface area is 227 Å². The van der Waals surface area contributed by atoms with E-state index in [1.54, 1.807) is 61.5 Å². The molecule has 1 heterocycles. The summed E-state index contributed by atoms with van der Waals surface area (Å²) in [5.41, 5.74) is 7.46. The van der Waals surface area contributed by atoms with E-state index in [4.69, 9.17) is 24.7 Å². The summed E-state index contributed by atoms with van der Waals surface area (Å²) in [5, 5.41) is 15.9. The van der Waals surface area contributed by atoms with Gasteiger partial charge >= 0.3 is 6.09 Å². The number of halogens is 1. The number of nitrogen functional groups attached to an aromatic ring is 1. The maximum Gasteiger partial charge on any atom is 0.412 e. The van der Waals surface area contributed by atoms with Gasteiger partial charge in [-0.2, -0.15) is 0 Å². The molecule has 0 saturated heterocycles. The average molecular weight is 584 g/mol. The number of nitrogens with one attached hydrogen (secondary N) is 2. The summed E-state index contributed by atoms with van der Waals surface area (Å²) in [6, 6.07) is 16.5. The fourth-order valence-corrected chi connectivity index (χ4v) is 4.08. The zero-order chi connectivity index (χ0) is 27.1. The molecule has 0 aromatic heterocycles. The first-order chi connectivity index (χ1) is 18.3. The highest BCUT2D eigenvalue weighted by molar-refractivity contribution is 9.10. The van der Waals surface area contributed by atoms with E-state index in [9.17, 15) is 14.7 Å². The maximum atomic E-state index is 12.9. The zero-order valence-electron chi connectivity index (χ0n) is 20.3. The van der Waals surface area contributed by atoms with Crippen molar-refractivity contribution in [1.82, 2.24) is 0 Å². The molecule has 0 radical (unpaired) electrons. The predicted molar refractivity (Wildman–Crippen MR) is 145 cm³/mol. The number of hydrogen-bond donors (Lipinski definition) is 4. The Morgan fingerprint density at radius 3 is 2.68 bits per heavy atom. The van der Waals surface area contributed by atoms with Crippen LogP contribution in [0.2, 0.25) is 0 Å². The van der Waals surface area contributed by atoms with Crippen molar-refractivity contribution >= 4 is 45.0 Å². The first-order valence-electron chi connectivity index (χ1n) is 11.6. The fraction of sp³-hybridized carbons (Fsp3) is 0.185. The quantitative estimate of drug-likeness (QED) is 0.195. The van der Waals surface area contributed by atoms with Crippen LogP contribution in [0.3, 0.4) is 0 Å². The van der Waals surface area contributed by atoms with Gasteiger partial charge in [0.05, 0.1) is 11.4 Å². The summed E-state index contributed by atoms with van der Waals surface area (Å²) in [4.78, 5) is 25.5. The van der Waals surface area contributed by atoms with Crippen molar-refractivity contribution in [2.45, 2.75) is 19.1 Å². The highest BCUT2D eigenvalue weighted by Crippen LogP contribution is 2.36. The van der Waals surface area contributed by atoms with Gasteiger partial charge in [0.1, 0.15) is 11.9 Å². The Balaban J connectivity index is 1.56. The first kappa shape index (κ1) is 26.8. The van der Waals surface area contributed by atoms with Gasteiger partial charge in [-0.3, -0.25) is 10.1 Å². The molecule has 5 N–H and O–H groups in total. The first-order valence-corrected chi connectivity index (χ1v) is 12.4. The lowest BCUT2D eigenvalue weighted by Gasteiger charge is -2.26. The standard InChI is InChI=1S/C27H26BrN3O7/c1-2-35-23(11-12-25(33)31-20-6-4-3-5-19(20)29)26(18-13-16(28)7-9-21(18)32)38-27(34)30-17-8-10-22-24(14-17)37-15-36-22/h3-14,23,26,32H,2,15,29H2,1H3,(H,30,34)(H,31,33)/b12-11+/t23-,26-/m1/s1. The van der Waals surface area contributed by atoms with Crippen LogP contribution in [0.1, 0.15) is 18.6 Å². The van der Waals surface area contributed by atoms with Crippen molar-refractivity contribution in [3.63, 3.8) is 0 Å². The number of anilines is 3. The van der Waals surface area contributed by atoms with E-state index in [0.29, 0.717) is 33.0 Å². The monoisotopic (exact) mass is 583 g/mol. The predicted octanol–water partition coefficient (Wildman–Crippen LogP) is 5.36. The number of benzene rings is 3. The summed E-state index contributed by atoms with van der Waals surface area (Å²) in [6.45, 7) is 2.09. The number of carbonyl (C=O) groups excluding carboxylic acids is 2. The molecule has 11 heteroatoms. The van der Waals surface area contributed by atoms with Gasteiger partial charge in [0.15, 0.2) is 17.6 Å². The average Bonchev–Trinajstić information content (AvgIpc) is 3.36. The molecule has 3 aromatic rings. The minimum absolute atomic E-state index is 0.0975. The minimum Gasteiger partial charge on any atom is -0.508 e. The van der Waals surface area contributed by atoms with E-state index in [0.717, 1.165) is 0 Å². The van der Waals surface area contributed by atoms with Crippen LogP contribution in [0.4, 0.5) is 21.9 Å². The molecule has 4 rings (SSSR count). The topological polar surface area (TPSA) is 141 Å². The summed E-state index contributed by atoms with van der Waals surface area (Å²) < 4.78 is 22.9. The van der Waals surface area contributed by atoms with Crippen molar-refractivity contribution in [3.8, 4) is 17.2 Å². The molecule has 2 amide bonds. The van der Waals surface area contributed by atoms with Gasteiger partial charge in [0.25, 0.3) is 0 Å². The number of ether oxygens (including phenoxy) is 4. The van der Waals surface area contributed by atoms with Crippen LogP contribution in [-0.2, 0) is 14.3 Å². The van der Waals surface area contributed by atoms with Crippen LogP contribution in [0.5, 0.6) is 17.2 Å². The second kappa shape index (κ2) is 12.3. The normalized spacial score (nSPS) is 13.6. The van der Waals surface area contributed by atoms with E-state index in [-0.39, 0.29) is 24.7 Å². The number of para-hydroxylation sites is 2. The van der Waals surface area contributed by atoms with Crippen molar-refractivity contribution in [2.75, 3.05) is 29.8 Å². The molecule has 0 spiro atoms. The van der Waals surface area contributed by atoms with Crippen molar-refractivity contribution in [1.29, 1.82) is 0 Å². The summed E-state index contributed by atoms with van der Waals surface area (Å²) in [6.07, 6.45) is -0.146. The smallest absolute Gasteiger partial charge is 0.412 e. The third-order valence-corrected chi connectivity index (χ3v) is 5.96. The fourth-order valence-electron chi connectivity index (χ4n) is 3.70. The molecule has 1 aliphatic heterocycles. The molecule has 0 aliphatic carbocycles. The van der Waals surface area contributed by atoms with Gasteiger partial charge in [-0.05, 0) is 55.5 Å². The van der Waals surface area contributed by atoms with Gasteiger partial charge in [0, 0.05) is 34.5 Å². The SMILES string of the molecule is CCO[C@H](/C=C/C(=O)Nc1ccccc1N)[C@H](OC(=O)Nc1ccc2c(c1)OCO2)c1cc(Br)ccc1O. The molecule has 1 aliphatic rings. The summed E-state index contributed by atoms with van der Waals surface area (Å²) in [5.74, 6) is 0.477. The Morgan fingerprint density at radius 2 is 1.89 bits per heavy atom. The molecule has 10 nitrogen and oxygen atoms in total. The number of carbonyl (C=O) groups is 2. The number of amides is 2. The summed E-state index contributed by atoms with van der Waals surface area (Å²) >= 11 is 3.38. The number of fused-ring (bicyclic) bond motifs is 1. The lowest BCUT2D eigenvalue weighted by molar-refractivity contribution is -0.112. The van der Waals surface area contributed by atoms with Crippen molar-refractivity contribution in [3.05, 3.63) is 82.9 Å². The number of phenolic OH excluding ortho intramolecular Hbond substituents is 1. The van der Waals surface area contributed by atoms with Gasteiger partial charge < -0.3 is 35.1 Å². The largest absolute Gasteiger partial charge is 0.508 e. The molecular weight excluding hydrogens is 558 g/mol. The Bertz CT molecular complexity index is 1350. The van der Waals surface area contributed by atoms with E-state index in [1.807, 2.05) is 0 Å². The third-order valence-electron chi connectivity index (χ3n) is 5.46. The van der Waals surface area contributed by atoms with Crippen LogP contribution in [-0.4, -0.2) is 36.6 Å². The lowest BCUT2D eigenvalue weighted by atomic mass is 10.0. The maximum absolute atomic E-state index is 12.9. The van der Waals surface area contributed by atoms with E-state index < -0.39 is 24.2 Å². The van der Waals surface area contributed by atoms with E-state index in [1.165, 1.54) is 18.2 Å². The minimum atomic E-state index is -1.12. The second-order valence-corrected chi connectivity index (χ2v) is 8.99. The van der Waals surface area contributed by atoms with Gasteiger partial charge in [-0.25, -0.2) is 4.79 Å². The molecule has 0 unspecified atom stereocenters. The highest BCUT2D eigenvalue weighted by atomic mass is 79.9. The second-order valence-electron chi connectivity index (χ2n) is 8.08. The van der Waals surface area contributed by atoms with Crippen molar-refractivity contribution in [2.24, 2.45) is 0 Å². The molecular formula is C27H26BrN3O7. The lowest BCUT2D eigenvalue weighted by Crippen LogP contribution is -2.28. The highest BCUT2D eigenvalue weighted by Gasteiger charge is 2.29. The molecule has 3 aromatic carbocycles. The number of aromatic hydroxyl groups is 1. The Morgan fingerprint density at radius 1 is 1.11 bits per heavy atom. The Hall–Kier alpha value is -4.22. The van der Waals surface area contributed by atoms with Gasteiger partial charge in [-0.15, -0.1) is 0 Å². The van der Waals surface area contributed by atoms with Crippen LogP contribution >= 0.6 is 15.9 Å². The summed E-state index contributed by atoms with van der Waals surface area (Å²) in [7, 11) is 0. The third kappa shape index (κ3) is 6.75. The van der Waals surface area contributed by atoms with Crippen LogP contribution in [0.15, 0.2) is 77.3 Å². The van der Waals surface area contributed by atoms with Crippen LogP contribution in [0.25, 0.3) is 0 Å². The number of nitrogens with two attached hydrogens (primary N) is 1. The molecule has 0 fully saturated rings. The van der Waals surface area contributed by atoms with E-state index >= 15 is 0 Å². The van der Waals surface area contributed by atoms with Gasteiger partial charge in [-0.1, -0.05) is 28.1 Å².